The van der Waals surface area contributed by atoms with E-state index in [1.165, 1.54) is 11.3 Å². The molecular formula is C12H20N4OS. The number of hydrogen-bond donors (Lipinski definition) is 2. The van der Waals surface area contributed by atoms with Crippen LogP contribution in [0.4, 0.5) is 0 Å². The van der Waals surface area contributed by atoms with Gasteiger partial charge in [-0.25, -0.2) is 4.98 Å². The lowest BCUT2D eigenvalue weighted by molar-refractivity contribution is 0.0908. The number of carbonyl (C=O) groups is 1. The van der Waals surface area contributed by atoms with Gasteiger partial charge in [-0.05, 0) is 19.4 Å². The summed E-state index contributed by atoms with van der Waals surface area (Å²) in [4.78, 5) is 18.6. The van der Waals surface area contributed by atoms with E-state index in [0.717, 1.165) is 37.5 Å². The fraction of sp³-hybridized carbons (Fsp3) is 0.667. The Morgan fingerprint density at radius 1 is 1.61 bits per heavy atom. The maximum atomic E-state index is 12.0. The quantitative estimate of drug-likeness (QED) is 0.848. The van der Waals surface area contributed by atoms with E-state index in [1.54, 1.807) is 5.38 Å². The van der Waals surface area contributed by atoms with E-state index >= 15 is 0 Å². The molecule has 1 saturated heterocycles. The Hall–Kier alpha value is -0.980. The molecule has 0 radical (unpaired) electrons. The maximum absolute atomic E-state index is 12.0. The Kier molecular flexibility index (Phi) is 4.68. The smallest absolute Gasteiger partial charge is 0.270 e. The number of amides is 1. The third kappa shape index (κ3) is 3.28. The van der Waals surface area contributed by atoms with Crippen molar-refractivity contribution in [2.24, 2.45) is 5.73 Å². The fourth-order valence-electron chi connectivity index (χ4n) is 2.16. The van der Waals surface area contributed by atoms with Crippen LogP contribution in [0.2, 0.25) is 0 Å². The Labute approximate surface area is 111 Å². The highest BCUT2D eigenvalue weighted by atomic mass is 32.1. The molecule has 2 heterocycles. The minimum Gasteiger partial charge on any atom is -0.348 e. The molecule has 0 aliphatic carbocycles. The van der Waals surface area contributed by atoms with Crippen LogP contribution in [-0.4, -0.2) is 41.5 Å². The molecule has 6 heteroatoms. The number of aromatic nitrogens is 1. The Morgan fingerprint density at radius 2 is 2.33 bits per heavy atom. The van der Waals surface area contributed by atoms with Crippen molar-refractivity contribution < 1.29 is 4.79 Å². The summed E-state index contributed by atoms with van der Waals surface area (Å²) in [5.74, 6) is -0.0686. The van der Waals surface area contributed by atoms with Crippen LogP contribution < -0.4 is 11.1 Å². The average Bonchev–Trinajstić information content (AvgIpc) is 2.88. The molecule has 1 aromatic heterocycles. The van der Waals surface area contributed by atoms with Gasteiger partial charge in [0.1, 0.15) is 10.7 Å². The number of likely N-dealkylation sites (tertiary alicyclic amines) is 1. The number of nitrogens with zero attached hydrogens (tertiary/aromatic N) is 2. The molecule has 0 atom stereocenters. The zero-order chi connectivity index (χ0) is 13.0. The summed E-state index contributed by atoms with van der Waals surface area (Å²) >= 11 is 1.44. The highest BCUT2D eigenvalue weighted by Gasteiger charge is 2.21. The Morgan fingerprint density at radius 3 is 2.89 bits per heavy atom. The van der Waals surface area contributed by atoms with Crippen molar-refractivity contribution in [1.82, 2.24) is 15.2 Å². The molecule has 18 heavy (non-hydrogen) atoms. The first kappa shape index (κ1) is 13.5. The second-order valence-corrected chi connectivity index (χ2v) is 5.46. The van der Waals surface area contributed by atoms with E-state index in [2.05, 4.69) is 22.1 Å². The van der Waals surface area contributed by atoms with E-state index in [4.69, 9.17) is 5.73 Å². The Balaban J connectivity index is 1.84. The SMILES string of the molecule is CCN1CCC(NC(=O)c2csc(CN)n2)CC1. The molecule has 0 bridgehead atoms. The minimum atomic E-state index is -0.0686. The number of nitrogens with two attached hydrogens (primary N) is 1. The summed E-state index contributed by atoms with van der Waals surface area (Å²) in [6, 6.07) is 0.281. The van der Waals surface area contributed by atoms with Gasteiger partial charge in [0, 0.05) is 31.1 Å². The lowest BCUT2D eigenvalue weighted by Gasteiger charge is -2.31. The van der Waals surface area contributed by atoms with E-state index in [9.17, 15) is 4.79 Å². The van der Waals surface area contributed by atoms with Crippen LogP contribution in [0.25, 0.3) is 0 Å². The molecule has 0 unspecified atom stereocenters. The molecule has 0 saturated carbocycles. The summed E-state index contributed by atoms with van der Waals surface area (Å²) in [5, 5.41) is 5.64. The van der Waals surface area contributed by atoms with Gasteiger partial charge in [-0.3, -0.25) is 4.79 Å². The van der Waals surface area contributed by atoms with Crippen LogP contribution >= 0.6 is 11.3 Å². The van der Waals surface area contributed by atoms with Crippen molar-refractivity contribution in [2.75, 3.05) is 19.6 Å². The van der Waals surface area contributed by atoms with Crippen LogP contribution in [0.5, 0.6) is 0 Å². The zero-order valence-electron chi connectivity index (χ0n) is 10.7. The van der Waals surface area contributed by atoms with Gasteiger partial charge < -0.3 is 16.0 Å². The first-order chi connectivity index (χ1) is 8.72. The zero-order valence-corrected chi connectivity index (χ0v) is 11.5. The summed E-state index contributed by atoms with van der Waals surface area (Å²) < 4.78 is 0. The molecule has 1 aromatic rings. The highest BCUT2D eigenvalue weighted by molar-refractivity contribution is 7.09. The van der Waals surface area contributed by atoms with Crippen molar-refractivity contribution in [3.8, 4) is 0 Å². The predicted octanol–water partition coefficient (Wildman–Crippen LogP) is 0.816. The van der Waals surface area contributed by atoms with Gasteiger partial charge in [0.15, 0.2) is 0 Å². The average molecular weight is 268 g/mol. The van der Waals surface area contributed by atoms with Gasteiger partial charge in [-0.2, -0.15) is 0 Å². The number of thiazole rings is 1. The first-order valence-corrected chi connectivity index (χ1v) is 7.28. The summed E-state index contributed by atoms with van der Waals surface area (Å²) in [5.41, 5.74) is 5.99. The number of rotatable bonds is 4. The van der Waals surface area contributed by atoms with Gasteiger partial charge in [-0.15, -0.1) is 11.3 Å². The first-order valence-electron chi connectivity index (χ1n) is 6.40. The van der Waals surface area contributed by atoms with E-state index in [1.807, 2.05) is 0 Å². The van der Waals surface area contributed by atoms with Gasteiger partial charge in [0.05, 0.1) is 0 Å². The lowest BCUT2D eigenvalue weighted by atomic mass is 10.1. The molecule has 0 aromatic carbocycles. The lowest BCUT2D eigenvalue weighted by Crippen LogP contribution is -2.44. The standard InChI is InChI=1S/C12H20N4OS/c1-2-16-5-3-9(4-6-16)14-12(17)10-8-18-11(7-13)15-10/h8-9H,2-7,13H2,1H3,(H,14,17). The molecule has 100 valence electrons. The molecule has 5 nitrogen and oxygen atoms in total. The molecule has 0 spiro atoms. The normalized spacial score (nSPS) is 17.9. The van der Waals surface area contributed by atoms with Crippen molar-refractivity contribution >= 4 is 17.2 Å². The molecule has 1 amide bonds. The van der Waals surface area contributed by atoms with E-state index < -0.39 is 0 Å². The maximum Gasteiger partial charge on any atom is 0.270 e. The van der Waals surface area contributed by atoms with Gasteiger partial charge in [-0.1, -0.05) is 6.92 Å². The van der Waals surface area contributed by atoms with Crippen molar-refractivity contribution in [3.05, 3.63) is 16.1 Å². The minimum absolute atomic E-state index is 0.0686. The second kappa shape index (κ2) is 6.26. The van der Waals surface area contributed by atoms with Crippen LogP contribution in [0.3, 0.4) is 0 Å². The van der Waals surface area contributed by atoms with Crippen LogP contribution in [0, 0.1) is 0 Å². The van der Waals surface area contributed by atoms with Gasteiger partial charge in [0.2, 0.25) is 0 Å². The number of piperidine rings is 1. The number of nitrogens with one attached hydrogen (secondary N) is 1. The van der Waals surface area contributed by atoms with Crippen molar-refractivity contribution in [2.45, 2.75) is 32.4 Å². The third-order valence-corrected chi connectivity index (χ3v) is 4.20. The number of carbonyl (C=O) groups excluding carboxylic acids is 1. The topological polar surface area (TPSA) is 71.2 Å². The van der Waals surface area contributed by atoms with Crippen molar-refractivity contribution in [3.63, 3.8) is 0 Å². The number of hydrogen-bond acceptors (Lipinski definition) is 5. The molecule has 1 aliphatic heterocycles. The van der Waals surface area contributed by atoms with Gasteiger partial charge >= 0.3 is 0 Å². The van der Waals surface area contributed by atoms with Crippen LogP contribution in [0.1, 0.15) is 35.3 Å². The van der Waals surface area contributed by atoms with E-state index in [0.29, 0.717) is 12.2 Å². The third-order valence-electron chi connectivity index (χ3n) is 3.33. The monoisotopic (exact) mass is 268 g/mol. The molecular weight excluding hydrogens is 248 g/mol. The molecule has 2 rings (SSSR count). The van der Waals surface area contributed by atoms with Crippen molar-refractivity contribution in [1.29, 1.82) is 0 Å². The fourth-order valence-corrected chi connectivity index (χ4v) is 2.82. The van der Waals surface area contributed by atoms with Crippen LogP contribution in [0.15, 0.2) is 5.38 Å². The van der Waals surface area contributed by atoms with E-state index in [-0.39, 0.29) is 11.9 Å². The predicted molar refractivity (Wildman–Crippen MR) is 72.6 cm³/mol. The van der Waals surface area contributed by atoms with Gasteiger partial charge in [0.25, 0.3) is 5.91 Å². The molecule has 1 aliphatic rings. The second-order valence-electron chi connectivity index (χ2n) is 4.51. The summed E-state index contributed by atoms with van der Waals surface area (Å²) in [6.07, 6.45) is 2.04. The molecule has 3 N–H and O–H groups in total. The largest absolute Gasteiger partial charge is 0.348 e. The Bertz CT molecular complexity index is 399. The summed E-state index contributed by atoms with van der Waals surface area (Å²) in [7, 11) is 0. The summed E-state index contributed by atoms with van der Waals surface area (Å²) in [6.45, 7) is 5.78. The highest BCUT2D eigenvalue weighted by Crippen LogP contribution is 2.12. The molecule has 1 fully saturated rings. The van der Waals surface area contributed by atoms with Crippen LogP contribution in [-0.2, 0) is 6.54 Å².